The smallest absolute Gasteiger partial charge is 0.335 e. The van der Waals surface area contributed by atoms with E-state index in [0.29, 0.717) is 0 Å². The van der Waals surface area contributed by atoms with Gasteiger partial charge in [-0.15, -0.1) is 0 Å². The molecule has 0 saturated carbocycles. The summed E-state index contributed by atoms with van der Waals surface area (Å²) < 4.78 is 1.79. The Morgan fingerprint density at radius 2 is 1.69 bits per heavy atom. The van der Waals surface area contributed by atoms with Crippen molar-refractivity contribution in [2.45, 2.75) is 19.3 Å². The van der Waals surface area contributed by atoms with E-state index in [1.54, 1.807) is 28.9 Å². The summed E-state index contributed by atoms with van der Waals surface area (Å²) in [6.45, 7) is 1.96. The van der Waals surface area contributed by atoms with Crippen LogP contribution in [0.2, 0.25) is 0 Å². The monoisotopic (exact) mass is 424 g/mol. The van der Waals surface area contributed by atoms with Crippen LogP contribution in [0, 0.1) is 0 Å². The van der Waals surface area contributed by atoms with E-state index in [-0.39, 0.29) is 5.56 Å². The van der Waals surface area contributed by atoms with E-state index < -0.39 is 5.97 Å². The molecule has 0 unspecified atom stereocenters. The van der Waals surface area contributed by atoms with Gasteiger partial charge in [0.15, 0.2) is 0 Å². The summed E-state index contributed by atoms with van der Waals surface area (Å²) in [5.41, 5.74) is 3.84. The number of carboxylic acid groups (broad SMARTS) is 1. The molecular formula is C26H24N4O2. The summed E-state index contributed by atoms with van der Waals surface area (Å²) in [5, 5.41) is 23.2. The molecule has 4 aromatic rings. The van der Waals surface area contributed by atoms with E-state index in [9.17, 15) is 9.90 Å². The normalized spacial score (nSPS) is 14.3. The van der Waals surface area contributed by atoms with Crippen LogP contribution in [0.1, 0.15) is 35.2 Å². The summed E-state index contributed by atoms with van der Waals surface area (Å²) in [4.78, 5) is 11.2. The number of hydrogen-bond acceptors (Lipinski definition) is 4. The molecule has 0 spiro atoms. The van der Waals surface area contributed by atoms with Crippen molar-refractivity contribution in [3.05, 3.63) is 84.1 Å². The van der Waals surface area contributed by atoms with Crippen LogP contribution in [0.3, 0.4) is 0 Å². The van der Waals surface area contributed by atoms with Crippen molar-refractivity contribution in [3.63, 3.8) is 0 Å². The maximum Gasteiger partial charge on any atom is 0.335 e. The number of piperidine rings is 1. The molecule has 160 valence electrons. The van der Waals surface area contributed by atoms with Gasteiger partial charge in [-0.3, -0.25) is 5.01 Å². The van der Waals surface area contributed by atoms with Crippen molar-refractivity contribution in [1.29, 1.82) is 0 Å². The average molecular weight is 425 g/mol. The van der Waals surface area contributed by atoms with E-state index in [4.69, 9.17) is 10.2 Å². The Kier molecular flexibility index (Phi) is 5.42. The van der Waals surface area contributed by atoms with Gasteiger partial charge in [-0.05, 0) is 60.4 Å². The maximum atomic E-state index is 11.2. The Hall–Kier alpha value is -3.93. The number of fused-ring (bicyclic) bond motifs is 1. The number of benzene rings is 3. The number of rotatable bonds is 5. The first-order valence-electron chi connectivity index (χ1n) is 10.9. The lowest BCUT2D eigenvalue weighted by atomic mass is 10.0. The molecule has 0 aliphatic carbocycles. The summed E-state index contributed by atoms with van der Waals surface area (Å²) in [5.74, 6) is -0.941. The highest BCUT2D eigenvalue weighted by Crippen LogP contribution is 2.27. The minimum Gasteiger partial charge on any atom is -0.478 e. The Morgan fingerprint density at radius 1 is 0.938 bits per heavy atom. The number of carboxylic acids is 1. The van der Waals surface area contributed by atoms with Crippen molar-refractivity contribution >= 4 is 23.0 Å². The summed E-state index contributed by atoms with van der Waals surface area (Å²) in [6.07, 6.45) is 7.45. The minimum absolute atomic E-state index is 0.252. The molecule has 6 heteroatoms. The first-order chi connectivity index (χ1) is 15.7. The van der Waals surface area contributed by atoms with Crippen LogP contribution in [-0.4, -0.2) is 45.2 Å². The van der Waals surface area contributed by atoms with E-state index in [1.807, 2.05) is 24.5 Å². The molecule has 1 aliphatic rings. The Balaban J connectivity index is 1.56. The highest BCUT2D eigenvalue weighted by Gasteiger charge is 2.14. The van der Waals surface area contributed by atoms with Crippen LogP contribution in [0.25, 0.3) is 27.7 Å². The minimum atomic E-state index is -0.941. The van der Waals surface area contributed by atoms with Gasteiger partial charge in [0.1, 0.15) is 5.69 Å². The van der Waals surface area contributed by atoms with Crippen LogP contribution in [0.4, 0.5) is 0 Å². The van der Waals surface area contributed by atoms with Gasteiger partial charge in [-0.25, -0.2) is 9.48 Å². The van der Waals surface area contributed by atoms with Gasteiger partial charge >= 0.3 is 5.97 Å². The predicted octanol–water partition coefficient (Wildman–Crippen LogP) is 5.21. The third kappa shape index (κ3) is 4.12. The second kappa shape index (κ2) is 8.67. The van der Waals surface area contributed by atoms with Crippen molar-refractivity contribution in [2.24, 2.45) is 5.10 Å². The van der Waals surface area contributed by atoms with Crippen LogP contribution < -0.4 is 0 Å². The van der Waals surface area contributed by atoms with Crippen molar-refractivity contribution < 1.29 is 9.90 Å². The summed E-state index contributed by atoms with van der Waals surface area (Å²) in [6, 6.07) is 21.3. The standard InChI is InChI=1S/C26H24N4O2/c31-26(32)20-10-12-24(13-11-20)30-18-23(17-27-29-14-4-1-5-15-29)25(28-30)22-9-8-19-6-2-3-7-21(19)16-22/h2-3,6-13,16-18H,1,4-5,14-15H2,(H,31,32)/b27-17+. The first kappa shape index (κ1) is 20.0. The van der Waals surface area contributed by atoms with E-state index in [1.165, 1.54) is 24.6 Å². The Labute approximate surface area is 186 Å². The average Bonchev–Trinajstić information content (AvgIpc) is 3.27. The molecule has 0 radical (unpaired) electrons. The van der Waals surface area contributed by atoms with Gasteiger partial charge in [0.25, 0.3) is 0 Å². The molecule has 1 aromatic heterocycles. The van der Waals surface area contributed by atoms with Crippen molar-refractivity contribution in [2.75, 3.05) is 13.1 Å². The second-order valence-electron chi connectivity index (χ2n) is 8.05. The summed E-state index contributed by atoms with van der Waals surface area (Å²) in [7, 11) is 0. The van der Waals surface area contributed by atoms with Gasteiger partial charge in [-0.2, -0.15) is 10.2 Å². The maximum absolute atomic E-state index is 11.2. The fourth-order valence-electron chi connectivity index (χ4n) is 4.07. The molecule has 0 bridgehead atoms. The number of hydrogen-bond donors (Lipinski definition) is 1. The van der Waals surface area contributed by atoms with Gasteiger partial charge in [0.2, 0.25) is 0 Å². The number of carbonyl (C=O) groups is 1. The molecule has 1 aliphatic heterocycles. The lowest BCUT2D eigenvalue weighted by Crippen LogP contribution is -2.24. The van der Waals surface area contributed by atoms with E-state index in [2.05, 4.69) is 35.3 Å². The molecule has 6 nitrogen and oxygen atoms in total. The van der Waals surface area contributed by atoms with Crippen LogP contribution >= 0.6 is 0 Å². The van der Waals surface area contributed by atoms with Crippen LogP contribution in [-0.2, 0) is 0 Å². The molecular weight excluding hydrogens is 400 g/mol. The highest BCUT2D eigenvalue weighted by molar-refractivity contribution is 5.92. The largest absolute Gasteiger partial charge is 0.478 e. The zero-order valence-corrected chi connectivity index (χ0v) is 17.7. The van der Waals surface area contributed by atoms with Crippen LogP contribution in [0.5, 0.6) is 0 Å². The summed E-state index contributed by atoms with van der Waals surface area (Å²) >= 11 is 0. The third-order valence-corrected chi connectivity index (χ3v) is 5.84. The predicted molar refractivity (Wildman–Crippen MR) is 126 cm³/mol. The van der Waals surface area contributed by atoms with Gasteiger partial charge < -0.3 is 5.11 Å². The number of hydrazone groups is 1. The zero-order chi connectivity index (χ0) is 21.9. The van der Waals surface area contributed by atoms with Gasteiger partial charge in [-0.1, -0.05) is 36.4 Å². The molecule has 32 heavy (non-hydrogen) atoms. The molecule has 0 amide bonds. The lowest BCUT2D eigenvalue weighted by molar-refractivity contribution is 0.0697. The molecule has 1 fully saturated rings. The molecule has 2 heterocycles. The van der Waals surface area contributed by atoms with E-state index in [0.717, 1.165) is 41.0 Å². The first-order valence-corrected chi connectivity index (χ1v) is 10.9. The van der Waals surface area contributed by atoms with Crippen molar-refractivity contribution in [3.8, 4) is 16.9 Å². The van der Waals surface area contributed by atoms with Gasteiger partial charge in [0.05, 0.1) is 17.5 Å². The number of aromatic nitrogens is 2. The Morgan fingerprint density at radius 3 is 2.44 bits per heavy atom. The number of aromatic carboxylic acids is 1. The molecule has 5 rings (SSSR count). The van der Waals surface area contributed by atoms with E-state index >= 15 is 0 Å². The Bertz CT molecular complexity index is 1280. The number of nitrogens with zero attached hydrogens (tertiary/aromatic N) is 4. The topological polar surface area (TPSA) is 70.7 Å². The fourth-order valence-corrected chi connectivity index (χ4v) is 4.07. The molecule has 1 saturated heterocycles. The van der Waals surface area contributed by atoms with Gasteiger partial charge in [0, 0.05) is 30.4 Å². The lowest BCUT2D eigenvalue weighted by Gasteiger charge is -2.23. The SMILES string of the molecule is O=C(O)c1ccc(-n2cc(/C=N/N3CCCCC3)c(-c3ccc4ccccc4c3)n2)cc1. The molecule has 0 atom stereocenters. The zero-order valence-electron chi connectivity index (χ0n) is 17.7. The van der Waals surface area contributed by atoms with Crippen LogP contribution in [0.15, 0.2) is 78.0 Å². The molecule has 3 aromatic carbocycles. The highest BCUT2D eigenvalue weighted by atomic mass is 16.4. The quantitative estimate of drug-likeness (QED) is 0.447. The third-order valence-electron chi connectivity index (χ3n) is 5.84. The molecule has 1 N–H and O–H groups in total. The van der Waals surface area contributed by atoms with Crippen molar-refractivity contribution in [1.82, 2.24) is 14.8 Å². The second-order valence-corrected chi connectivity index (χ2v) is 8.05. The fraction of sp³-hybridized carbons (Fsp3) is 0.192.